The number of hydrogen-bond acceptors (Lipinski definition) is 5. The highest BCUT2D eigenvalue weighted by Crippen LogP contribution is 2.37. The maximum atomic E-state index is 12.9. The molecule has 2 aromatic carbocycles. The van der Waals surface area contributed by atoms with Crippen LogP contribution in [0.1, 0.15) is 52.1 Å². The fourth-order valence-electron chi connectivity index (χ4n) is 3.72. The van der Waals surface area contributed by atoms with Gasteiger partial charge in [-0.15, -0.1) is 0 Å². The molecule has 0 radical (unpaired) electrons. The molecule has 0 fully saturated rings. The van der Waals surface area contributed by atoms with Gasteiger partial charge in [0.05, 0.1) is 24.8 Å². The van der Waals surface area contributed by atoms with E-state index in [1.165, 1.54) is 0 Å². The Morgan fingerprint density at radius 1 is 0.968 bits per heavy atom. The van der Waals surface area contributed by atoms with E-state index in [9.17, 15) is 9.59 Å². The van der Waals surface area contributed by atoms with E-state index in [1.54, 1.807) is 55.9 Å². The van der Waals surface area contributed by atoms with Crippen molar-refractivity contribution in [3.05, 3.63) is 89.2 Å². The van der Waals surface area contributed by atoms with Gasteiger partial charge in [0.25, 0.3) is 5.91 Å². The second kappa shape index (κ2) is 8.14. The van der Waals surface area contributed by atoms with Crippen LogP contribution in [-0.2, 0) is 5.54 Å². The van der Waals surface area contributed by atoms with Crippen molar-refractivity contribution in [3.63, 3.8) is 0 Å². The molecule has 1 aliphatic rings. The lowest BCUT2D eigenvalue weighted by atomic mass is 9.91. The Kier molecular flexibility index (Phi) is 5.38. The third kappa shape index (κ3) is 4.23. The number of pyridine rings is 1. The number of carbonyl (C=O) groups excluding carboxylic acids is 2. The fourth-order valence-corrected chi connectivity index (χ4v) is 3.72. The summed E-state index contributed by atoms with van der Waals surface area (Å²) >= 11 is 0. The van der Waals surface area contributed by atoms with Gasteiger partial charge in [-0.2, -0.15) is 0 Å². The summed E-state index contributed by atoms with van der Waals surface area (Å²) in [5, 5.41) is 2.82. The average Bonchev–Trinajstić information content (AvgIpc) is 3.03. The van der Waals surface area contributed by atoms with Gasteiger partial charge in [-0.05, 0) is 67.9 Å². The predicted molar refractivity (Wildman–Crippen MR) is 120 cm³/mol. The number of hydrogen-bond donors (Lipinski definition) is 1. The lowest BCUT2D eigenvalue weighted by Gasteiger charge is -2.16. The van der Waals surface area contributed by atoms with Crippen LogP contribution in [0.5, 0.6) is 5.75 Å². The Morgan fingerprint density at radius 3 is 2.35 bits per heavy atom. The second-order valence-electron chi connectivity index (χ2n) is 7.90. The number of amides is 1. The number of aliphatic imine (C=N–C) groups is 1. The van der Waals surface area contributed by atoms with Gasteiger partial charge in [-0.25, -0.2) is 0 Å². The van der Waals surface area contributed by atoms with Crippen molar-refractivity contribution in [3.8, 4) is 5.75 Å². The fraction of sp³-hybridized carbons (Fsp3) is 0.200. The molecule has 3 aromatic rings. The molecular formula is C25H23N3O3. The quantitative estimate of drug-likeness (QED) is 0.596. The summed E-state index contributed by atoms with van der Waals surface area (Å²) in [6, 6.07) is 16.0. The van der Waals surface area contributed by atoms with E-state index in [0.29, 0.717) is 16.8 Å². The van der Waals surface area contributed by atoms with Crippen LogP contribution < -0.4 is 10.1 Å². The van der Waals surface area contributed by atoms with Gasteiger partial charge in [-0.1, -0.05) is 6.07 Å². The van der Waals surface area contributed by atoms with Crippen molar-refractivity contribution in [1.29, 1.82) is 0 Å². The Balaban J connectivity index is 1.48. The summed E-state index contributed by atoms with van der Waals surface area (Å²) < 4.78 is 5.34. The molecule has 1 amide bonds. The largest absolute Gasteiger partial charge is 0.497 e. The van der Waals surface area contributed by atoms with Gasteiger partial charge in [0, 0.05) is 34.8 Å². The number of carbonyl (C=O) groups is 2. The first-order valence-corrected chi connectivity index (χ1v) is 9.99. The SMILES string of the molecule is COc1ccc2c(c1)C(CC(=O)c1ccc(NC(=O)c3ccncc3)cc1)=NC2(C)C. The van der Waals surface area contributed by atoms with Crippen molar-refractivity contribution < 1.29 is 14.3 Å². The molecule has 0 spiro atoms. The molecule has 0 bridgehead atoms. The number of Topliss-reactive ketones (excluding diaryl/α,β-unsaturated/α-hetero) is 1. The van der Waals surface area contributed by atoms with E-state index >= 15 is 0 Å². The minimum Gasteiger partial charge on any atom is -0.497 e. The highest BCUT2D eigenvalue weighted by atomic mass is 16.5. The number of methoxy groups -OCH3 is 1. The average molecular weight is 413 g/mol. The first-order valence-electron chi connectivity index (χ1n) is 9.99. The van der Waals surface area contributed by atoms with Crippen LogP contribution in [0.2, 0.25) is 0 Å². The van der Waals surface area contributed by atoms with Crippen LogP contribution in [0.4, 0.5) is 5.69 Å². The maximum Gasteiger partial charge on any atom is 0.255 e. The van der Waals surface area contributed by atoms with Crippen molar-refractivity contribution >= 4 is 23.1 Å². The summed E-state index contributed by atoms with van der Waals surface area (Å²) in [5.41, 5.74) is 4.14. The van der Waals surface area contributed by atoms with Crippen LogP contribution in [-0.4, -0.2) is 29.5 Å². The normalized spacial score (nSPS) is 13.8. The van der Waals surface area contributed by atoms with Gasteiger partial charge >= 0.3 is 0 Å². The lowest BCUT2D eigenvalue weighted by molar-refractivity contribution is 0.0998. The number of anilines is 1. The molecule has 6 nitrogen and oxygen atoms in total. The molecule has 0 aliphatic carbocycles. The summed E-state index contributed by atoms with van der Waals surface area (Å²) in [6.45, 7) is 4.08. The van der Waals surface area contributed by atoms with Crippen LogP contribution in [0.3, 0.4) is 0 Å². The molecule has 2 heterocycles. The van der Waals surface area contributed by atoms with E-state index in [1.807, 2.05) is 32.0 Å². The summed E-state index contributed by atoms with van der Waals surface area (Å²) in [7, 11) is 1.62. The molecule has 1 aromatic heterocycles. The van der Waals surface area contributed by atoms with Crippen molar-refractivity contribution in [2.75, 3.05) is 12.4 Å². The molecule has 0 unspecified atom stereocenters. The van der Waals surface area contributed by atoms with Gasteiger partial charge < -0.3 is 10.1 Å². The topological polar surface area (TPSA) is 80.6 Å². The van der Waals surface area contributed by atoms with Crippen LogP contribution >= 0.6 is 0 Å². The van der Waals surface area contributed by atoms with E-state index in [0.717, 1.165) is 22.6 Å². The van der Waals surface area contributed by atoms with Crippen LogP contribution in [0.15, 0.2) is 72.0 Å². The predicted octanol–water partition coefficient (Wildman–Crippen LogP) is 4.65. The summed E-state index contributed by atoms with van der Waals surface area (Å²) in [4.78, 5) is 33.9. The molecular weight excluding hydrogens is 390 g/mol. The maximum absolute atomic E-state index is 12.9. The molecule has 31 heavy (non-hydrogen) atoms. The molecule has 4 rings (SSSR count). The molecule has 156 valence electrons. The van der Waals surface area contributed by atoms with Gasteiger partial charge in [0.2, 0.25) is 0 Å². The first-order chi connectivity index (χ1) is 14.9. The van der Waals surface area contributed by atoms with Crippen LogP contribution in [0, 0.1) is 0 Å². The number of ketones is 1. The molecule has 0 atom stereocenters. The van der Waals surface area contributed by atoms with E-state index in [2.05, 4.69) is 10.3 Å². The molecule has 0 saturated heterocycles. The van der Waals surface area contributed by atoms with Crippen molar-refractivity contribution in [2.45, 2.75) is 25.8 Å². The number of rotatable bonds is 6. The van der Waals surface area contributed by atoms with Crippen molar-refractivity contribution in [1.82, 2.24) is 4.98 Å². The Hall–Kier alpha value is -3.80. The third-order valence-corrected chi connectivity index (χ3v) is 5.35. The standard InChI is InChI=1S/C25H23N3O3/c1-25(2)21-9-8-19(31-3)14-20(21)22(28-25)15-23(29)16-4-6-18(7-5-16)27-24(30)17-10-12-26-13-11-17/h4-14H,15H2,1-3H3,(H,27,30). The molecule has 1 aliphatic heterocycles. The van der Waals surface area contributed by atoms with Gasteiger partial charge in [0.15, 0.2) is 5.78 Å². The number of aromatic nitrogens is 1. The van der Waals surface area contributed by atoms with Crippen molar-refractivity contribution in [2.24, 2.45) is 4.99 Å². The third-order valence-electron chi connectivity index (χ3n) is 5.35. The Labute approximate surface area is 181 Å². The Bertz CT molecular complexity index is 1170. The molecule has 1 N–H and O–H groups in total. The number of ether oxygens (including phenoxy) is 1. The number of benzene rings is 2. The molecule has 0 saturated carbocycles. The smallest absolute Gasteiger partial charge is 0.255 e. The number of fused-ring (bicyclic) bond motifs is 1. The Morgan fingerprint density at radius 2 is 1.68 bits per heavy atom. The first kappa shape index (κ1) is 20.5. The van der Waals surface area contributed by atoms with E-state index < -0.39 is 0 Å². The highest BCUT2D eigenvalue weighted by molar-refractivity contribution is 6.18. The van der Waals surface area contributed by atoms with E-state index in [4.69, 9.17) is 9.73 Å². The van der Waals surface area contributed by atoms with Crippen LogP contribution in [0.25, 0.3) is 0 Å². The molecule has 6 heteroatoms. The zero-order chi connectivity index (χ0) is 22.0. The zero-order valence-electron chi connectivity index (χ0n) is 17.7. The van der Waals surface area contributed by atoms with E-state index in [-0.39, 0.29) is 23.7 Å². The highest BCUT2D eigenvalue weighted by Gasteiger charge is 2.32. The van der Waals surface area contributed by atoms with Gasteiger partial charge in [0.1, 0.15) is 5.75 Å². The number of nitrogens with one attached hydrogen (secondary N) is 1. The summed E-state index contributed by atoms with van der Waals surface area (Å²) in [6.07, 6.45) is 3.33. The monoisotopic (exact) mass is 413 g/mol. The minimum atomic E-state index is -0.377. The lowest BCUT2D eigenvalue weighted by Crippen LogP contribution is -2.12. The second-order valence-corrected chi connectivity index (χ2v) is 7.90. The zero-order valence-corrected chi connectivity index (χ0v) is 17.7. The minimum absolute atomic E-state index is 0.0303. The van der Waals surface area contributed by atoms with Gasteiger partial charge in [-0.3, -0.25) is 19.6 Å². The number of nitrogens with zero attached hydrogens (tertiary/aromatic N) is 2. The summed E-state index contributed by atoms with van der Waals surface area (Å²) in [5.74, 6) is 0.484.